The van der Waals surface area contributed by atoms with Gasteiger partial charge in [-0.3, -0.25) is 0 Å². The molecule has 0 aromatic carbocycles. The monoisotopic (exact) mass is 185 g/mol. The molecule has 2 atom stereocenters. The molecule has 0 bridgehead atoms. The van der Waals surface area contributed by atoms with Crippen LogP contribution in [0.2, 0.25) is 0 Å². The van der Waals surface area contributed by atoms with E-state index in [-0.39, 0.29) is 11.5 Å². The van der Waals surface area contributed by atoms with Crippen LogP contribution in [-0.4, -0.2) is 31.0 Å². The van der Waals surface area contributed by atoms with Crippen LogP contribution in [0.25, 0.3) is 0 Å². The molecule has 76 valence electrons. The van der Waals surface area contributed by atoms with E-state index in [1.165, 1.54) is 0 Å². The van der Waals surface area contributed by atoms with Crippen LogP contribution < -0.4 is 5.73 Å². The van der Waals surface area contributed by atoms with E-state index in [9.17, 15) is 5.11 Å². The highest BCUT2D eigenvalue weighted by Crippen LogP contribution is 2.48. The highest BCUT2D eigenvalue weighted by atomic mass is 16.5. The third-order valence-corrected chi connectivity index (χ3v) is 3.88. The maximum Gasteiger partial charge on any atom is 0.0638 e. The number of nitrogens with two attached hydrogens (primary N) is 1. The predicted molar refractivity (Wildman–Crippen MR) is 50.3 cm³/mol. The number of ether oxygens (including phenoxy) is 1. The van der Waals surface area contributed by atoms with E-state index in [1.807, 2.05) is 0 Å². The molecule has 2 rings (SSSR count). The normalized spacial score (nSPS) is 38.3. The van der Waals surface area contributed by atoms with Crippen molar-refractivity contribution in [2.75, 3.05) is 19.8 Å². The summed E-state index contributed by atoms with van der Waals surface area (Å²) in [5.74, 6) is 0.332. The topological polar surface area (TPSA) is 55.5 Å². The van der Waals surface area contributed by atoms with Crippen LogP contribution in [0.1, 0.15) is 25.7 Å². The zero-order chi connectivity index (χ0) is 9.31. The zero-order valence-corrected chi connectivity index (χ0v) is 8.04. The molecule has 1 spiro atoms. The molecule has 1 aliphatic heterocycles. The summed E-state index contributed by atoms with van der Waals surface area (Å²) in [6.45, 7) is 2.26. The van der Waals surface area contributed by atoms with E-state index in [0.29, 0.717) is 12.5 Å². The number of hydrogen-bond donors (Lipinski definition) is 2. The third-order valence-electron chi connectivity index (χ3n) is 3.88. The van der Waals surface area contributed by atoms with Crippen molar-refractivity contribution in [1.29, 1.82) is 0 Å². The van der Waals surface area contributed by atoms with Gasteiger partial charge in [-0.15, -0.1) is 0 Å². The van der Waals surface area contributed by atoms with Gasteiger partial charge in [0.2, 0.25) is 0 Å². The smallest absolute Gasteiger partial charge is 0.0638 e. The Labute approximate surface area is 79.3 Å². The lowest BCUT2D eigenvalue weighted by Gasteiger charge is -2.37. The third kappa shape index (κ3) is 1.49. The summed E-state index contributed by atoms with van der Waals surface area (Å²) in [7, 11) is 0. The maximum absolute atomic E-state index is 10.1. The van der Waals surface area contributed by atoms with Gasteiger partial charge in [-0.2, -0.15) is 0 Å². The van der Waals surface area contributed by atoms with Crippen LogP contribution in [-0.2, 0) is 4.74 Å². The summed E-state index contributed by atoms with van der Waals surface area (Å²) in [6.07, 6.45) is 4.09. The van der Waals surface area contributed by atoms with Gasteiger partial charge in [0, 0.05) is 18.6 Å². The quantitative estimate of drug-likeness (QED) is 0.626. The van der Waals surface area contributed by atoms with E-state index >= 15 is 0 Å². The Bertz CT molecular complexity index is 178. The lowest BCUT2D eigenvalue weighted by molar-refractivity contribution is -0.0549. The first-order valence-corrected chi connectivity index (χ1v) is 5.24. The van der Waals surface area contributed by atoms with Crippen LogP contribution in [0.15, 0.2) is 0 Å². The van der Waals surface area contributed by atoms with Crippen molar-refractivity contribution < 1.29 is 9.84 Å². The minimum atomic E-state index is -0.179. The predicted octanol–water partition coefficient (Wildman–Crippen LogP) is 0.513. The SMILES string of the molecule is NC[C@H]1CCC2(CCOCC2)[C@@H]1O. The first-order chi connectivity index (χ1) is 6.28. The Morgan fingerprint density at radius 2 is 2.00 bits per heavy atom. The Balaban J connectivity index is 2.06. The summed E-state index contributed by atoms with van der Waals surface area (Å²) in [5.41, 5.74) is 5.78. The van der Waals surface area contributed by atoms with E-state index < -0.39 is 0 Å². The highest BCUT2D eigenvalue weighted by molar-refractivity contribution is 4.98. The molecule has 0 unspecified atom stereocenters. The van der Waals surface area contributed by atoms with Gasteiger partial charge >= 0.3 is 0 Å². The van der Waals surface area contributed by atoms with Gasteiger partial charge in [0.15, 0.2) is 0 Å². The fourth-order valence-electron chi connectivity index (χ4n) is 2.85. The average molecular weight is 185 g/mol. The summed E-state index contributed by atoms with van der Waals surface area (Å²) >= 11 is 0. The van der Waals surface area contributed by atoms with Crippen LogP contribution in [0.5, 0.6) is 0 Å². The van der Waals surface area contributed by atoms with Crippen molar-refractivity contribution in [3.63, 3.8) is 0 Å². The van der Waals surface area contributed by atoms with Crippen molar-refractivity contribution in [3.8, 4) is 0 Å². The molecule has 2 fully saturated rings. The highest BCUT2D eigenvalue weighted by Gasteiger charge is 2.47. The van der Waals surface area contributed by atoms with E-state index in [0.717, 1.165) is 38.9 Å². The number of hydrogen-bond acceptors (Lipinski definition) is 3. The second-order valence-corrected chi connectivity index (χ2v) is 4.45. The van der Waals surface area contributed by atoms with Gasteiger partial charge in [-0.25, -0.2) is 0 Å². The summed E-state index contributed by atoms with van der Waals surface area (Å²) in [5, 5.41) is 10.1. The molecule has 13 heavy (non-hydrogen) atoms. The van der Waals surface area contributed by atoms with Gasteiger partial charge in [-0.1, -0.05) is 0 Å². The lowest BCUT2D eigenvalue weighted by atomic mass is 9.76. The van der Waals surface area contributed by atoms with Crippen LogP contribution in [0.4, 0.5) is 0 Å². The molecule has 1 saturated carbocycles. The summed E-state index contributed by atoms with van der Waals surface area (Å²) in [6, 6.07) is 0. The molecular weight excluding hydrogens is 166 g/mol. The second-order valence-electron chi connectivity index (χ2n) is 4.45. The van der Waals surface area contributed by atoms with E-state index in [2.05, 4.69) is 0 Å². The molecule has 2 aliphatic rings. The van der Waals surface area contributed by atoms with Gasteiger partial charge in [0.1, 0.15) is 0 Å². The summed E-state index contributed by atoms with van der Waals surface area (Å²) in [4.78, 5) is 0. The molecular formula is C10H19NO2. The fourth-order valence-corrected chi connectivity index (χ4v) is 2.85. The Kier molecular flexibility index (Phi) is 2.58. The second kappa shape index (κ2) is 3.56. The molecule has 3 heteroatoms. The lowest BCUT2D eigenvalue weighted by Crippen LogP contribution is -2.40. The number of rotatable bonds is 1. The van der Waals surface area contributed by atoms with Gasteiger partial charge in [0.25, 0.3) is 0 Å². The largest absolute Gasteiger partial charge is 0.392 e. The van der Waals surface area contributed by atoms with Crippen LogP contribution in [0.3, 0.4) is 0 Å². The van der Waals surface area contributed by atoms with Crippen molar-refractivity contribution >= 4 is 0 Å². The molecule has 1 saturated heterocycles. The zero-order valence-electron chi connectivity index (χ0n) is 8.04. The standard InChI is InChI=1S/C10H19NO2/c11-7-8-1-2-10(9(8)12)3-5-13-6-4-10/h8-9,12H,1-7,11H2/t8-,9-/m1/s1. The van der Waals surface area contributed by atoms with Crippen LogP contribution >= 0.6 is 0 Å². The fraction of sp³-hybridized carbons (Fsp3) is 1.00. The van der Waals surface area contributed by atoms with Crippen molar-refractivity contribution in [3.05, 3.63) is 0 Å². The first-order valence-electron chi connectivity index (χ1n) is 5.24. The van der Waals surface area contributed by atoms with E-state index in [4.69, 9.17) is 10.5 Å². The Morgan fingerprint density at radius 3 is 2.54 bits per heavy atom. The maximum atomic E-state index is 10.1. The Morgan fingerprint density at radius 1 is 1.31 bits per heavy atom. The van der Waals surface area contributed by atoms with Crippen molar-refractivity contribution in [1.82, 2.24) is 0 Å². The molecule has 0 radical (unpaired) electrons. The number of aliphatic hydroxyl groups excluding tert-OH is 1. The van der Waals surface area contributed by atoms with E-state index in [1.54, 1.807) is 0 Å². The summed E-state index contributed by atoms with van der Waals surface area (Å²) < 4.78 is 5.33. The average Bonchev–Trinajstić information content (AvgIpc) is 2.47. The molecule has 0 aromatic rings. The van der Waals surface area contributed by atoms with Gasteiger partial charge in [0.05, 0.1) is 6.10 Å². The first kappa shape index (κ1) is 9.44. The van der Waals surface area contributed by atoms with Gasteiger partial charge < -0.3 is 15.6 Å². The molecule has 1 aliphatic carbocycles. The molecule has 0 aromatic heterocycles. The molecule has 3 nitrogen and oxygen atoms in total. The molecule has 1 heterocycles. The minimum Gasteiger partial charge on any atom is -0.392 e. The van der Waals surface area contributed by atoms with Crippen LogP contribution in [0, 0.1) is 11.3 Å². The van der Waals surface area contributed by atoms with Crippen molar-refractivity contribution in [2.45, 2.75) is 31.8 Å². The minimum absolute atomic E-state index is 0.155. The van der Waals surface area contributed by atoms with Crippen molar-refractivity contribution in [2.24, 2.45) is 17.1 Å². The molecule has 3 N–H and O–H groups in total. The molecule has 0 amide bonds. The number of aliphatic hydroxyl groups is 1. The Hall–Kier alpha value is -0.120. The van der Waals surface area contributed by atoms with Gasteiger partial charge in [-0.05, 0) is 38.1 Å².